The number of ether oxygens (including phenoxy) is 2. The quantitative estimate of drug-likeness (QED) is 0.823. The van der Waals surface area contributed by atoms with Crippen LogP contribution >= 0.6 is 11.6 Å². The molecule has 0 saturated heterocycles. The molecule has 118 valence electrons. The van der Waals surface area contributed by atoms with Crippen molar-refractivity contribution in [2.24, 2.45) is 0 Å². The second-order valence-corrected chi connectivity index (χ2v) is 6.55. The van der Waals surface area contributed by atoms with Crippen LogP contribution < -0.4 is 9.47 Å². The Hall–Kier alpha value is -1.92. The Morgan fingerprint density at radius 2 is 1.59 bits per heavy atom. The minimum atomic E-state index is -3.85. The number of benzene rings is 2. The maximum absolute atomic E-state index is 12.4. The molecule has 0 spiro atoms. The lowest BCUT2D eigenvalue weighted by Crippen LogP contribution is -1.99. The van der Waals surface area contributed by atoms with Gasteiger partial charge in [-0.15, -0.1) is 0 Å². The van der Waals surface area contributed by atoms with Crippen molar-refractivity contribution in [2.45, 2.75) is 11.8 Å². The summed E-state index contributed by atoms with van der Waals surface area (Å²) in [6, 6.07) is 9.32. The van der Waals surface area contributed by atoms with Crippen molar-refractivity contribution < 1.29 is 17.9 Å². The van der Waals surface area contributed by atoms with Gasteiger partial charge in [0.25, 0.3) is 0 Å². The average molecular weight is 341 g/mol. The molecule has 0 aliphatic heterocycles. The van der Waals surface area contributed by atoms with E-state index < -0.39 is 10.0 Å². The monoisotopic (exact) mass is 340 g/mol. The summed E-state index contributed by atoms with van der Waals surface area (Å²) in [6.07, 6.45) is 0. The number of hydrogen-bond donors (Lipinski definition) is 0. The third-order valence-electron chi connectivity index (χ3n) is 2.99. The van der Waals surface area contributed by atoms with Crippen molar-refractivity contribution in [3.8, 4) is 11.5 Å². The molecule has 0 N–H and O–H groups in total. The molecule has 0 unspecified atom stereocenters. The molecule has 0 radical (unpaired) electrons. The van der Waals surface area contributed by atoms with Gasteiger partial charge >= 0.3 is 0 Å². The standard InChI is InChI=1S/C15H15ClNO4S/c1-10-4-6-11(7-5-10)22(18,19)17-13-9-14(20-2)12(16)8-15(13)21-3/h4-9H,1-3H3/q-1. The predicted octanol–water partition coefficient (Wildman–Crippen LogP) is 4.06. The first-order chi connectivity index (χ1) is 10.4. The molecule has 0 saturated carbocycles. The lowest BCUT2D eigenvalue weighted by atomic mass is 10.2. The van der Waals surface area contributed by atoms with Gasteiger partial charge in [0.2, 0.25) is 0 Å². The molecule has 0 aromatic heterocycles. The molecule has 0 heterocycles. The van der Waals surface area contributed by atoms with Crippen molar-refractivity contribution in [1.29, 1.82) is 0 Å². The molecule has 0 aliphatic rings. The smallest absolute Gasteiger partial charge is 0.136 e. The SMILES string of the molecule is COc1cc([N-]S(=O)(=O)c2ccc(C)cc2)c(OC)cc1Cl. The van der Waals surface area contributed by atoms with E-state index in [1.165, 1.54) is 38.5 Å². The van der Waals surface area contributed by atoms with E-state index in [9.17, 15) is 8.42 Å². The highest BCUT2D eigenvalue weighted by molar-refractivity contribution is 7.94. The number of sulfonamides is 1. The van der Waals surface area contributed by atoms with E-state index in [0.29, 0.717) is 10.8 Å². The molecule has 22 heavy (non-hydrogen) atoms. The Labute approximate surface area is 134 Å². The predicted molar refractivity (Wildman–Crippen MR) is 85.9 cm³/mol. The van der Waals surface area contributed by atoms with Crippen molar-refractivity contribution in [3.05, 3.63) is 51.7 Å². The third-order valence-corrected chi connectivity index (χ3v) is 4.59. The molecule has 2 rings (SSSR count). The maximum Gasteiger partial charge on any atom is 0.136 e. The zero-order valence-electron chi connectivity index (χ0n) is 12.3. The van der Waals surface area contributed by atoms with Crippen LogP contribution in [0.5, 0.6) is 11.5 Å². The van der Waals surface area contributed by atoms with Crippen LogP contribution in [0.15, 0.2) is 41.3 Å². The van der Waals surface area contributed by atoms with Gasteiger partial charge < -0.3 is 14.2 Å². The summed E-state index contributed by atoms with van der Waals surface area (Å²) < 4.78 is 38.8. The van der Waals surface area contributed by atoms with Crippen LogP contribution in [-0.4, -0.2) is 22.6 Å². The fraction of sp³-hybridized carbons (Fsp3) is 0.200. The van der Waals surface area contributed by atoms with Crippen LogP contribution in [-0.2, 0) is 10.0 Å². The molecule has 0 fully saturated rings. The molecule has 0 amide bonds. The fourth-order valence-electron chi connectivity index (χ4n) is 1.81. The Morgan fingerprint density at radius 3 is 2.14 bits per heavy atom. The van der Waals surface area contributed by atoms with Crippen LogP contribution in [0.2, 0.25) is 5.02 Å². The van der Waals surface area contributed by atoms with Crippen molar-refractivity contribution in [3.63, 3.8) is 0 Å². The van der Waals surface area contributed by atoms with E-state index in [4.69, 9.17) is 21.1 Å². The summed E-state index contributed by atoms with van der Waals surface area (Å²) >= 11 is 5.99. The summed E-state index contributed by atoms with van der Waals surface area (Å²) in [7, 11) is -1.01. The van der Waals surface area contributed by atoms with Gasteiger partial charge in [-0.1, -0.05) is 35.0 Å². The van der Waals surface area contributed by atoms with Crippen molar-refractivity contribution >= 4 is 27.3 Å². The van der Waals surface area contributed by atoms with Crippen LogP contribution in [0, 0.1) is 6.92 Å². The van der Waals surface area contributed by atoms with E-state index in [1.54, 1.807) is 12.1 Å². The minimum Gasteiger partial charge on any atom is -0.570 e. The number of nitrogens with zero attached hydrogens (tertiary/aromatic N) is 1. The first-order valence-electron chi connectivity index (χ1n) is 6.33. The number of methoxy groups -OCH3 is 2. The second kappa shape index (κ2) is 6.46. The van der Waals surface area contributed by atoms with Gasteiger partial charge in [-0.05, 0) is 25.1 Å². The Morgan fingerprint density at radius 1 is 1.00 bits per heavy atom. The number of aryl methyl sites for hydroxylation is 1. The molecule has 2 aromatic carbocycles. The van der Waals surface area contributed by atoms with Gasteiger partial charge in [0, 0.05) is 6.07 Å². The van der Waals surface area contributed by atoms with Crippen LogP contribution in [0.25, 0.3) is 4.72 Å². The largest absolute Gasteiger partial charge is 0.570 e. The number of hydrogen-bond acceptors (Lipinski definition) is 4. The summed E-state index contributed by atoms with van der Waals surface area (Å²) in [5.41, 5.74) is 1.09. The topological polar surface area (TPSA) is 66.7 Å². The summed E-state index contributed by atoms with van der Waals surface area (Å²) in [5.74, 6) is 0.571. The lowest BCUT2D eigenvalue weighted by molar-refractivity contribution is 0.405. The zero-order chi connectivity index (χ0) is 16.3. The Balaban J connectivity index is 2.42. The number of rotatable bonds is 5. The highest BCUT2D eigenvalue weighted by Crippen LogP contribution is 2.42. The molecule has 7 heteroatoms. The average Bonchev–Trinajstić information content (AvgIpc) is 2.48. The highest BCUT2D eigenvalue weighted by Gasteiger charge is 2.09. The van der Waals surface area contributed by atoms with Gasteiger partial charge in [-0.25, -0.2) is 8.42 Å². The van der Waals surface area contributed by atoms with Crippen molar-refractivity contribution in [2.75, 3.05) is 14.2 Å². The first-order valence-corrected chi connectivity index (χ1v) is 8.15. The first kappa shape index (κ1) is 16.5. The molecule has 2 aromatic rings. The molecule has 0 atom stereocenters. The maximum atomic E-state index is 12.4. The molecule has 0 aliphatic carbocycles. The lowest BCUT2D eigenvalue weighted by Gasteiger charge is -2.25. The van der Waals surface area contributed by atoms with Crippen LogP contribution in [0.3, 0.4) is 0 Å². The summed E-state index contributed by atoms with van der Waals surface area (Å²) in [6.45, 7) is 1.88. The van der Waals surface area contributed by atoms with E-state index in [2.05, 4.69) is 4.72 Å². The minimum absolute atomic E-state index is 0.106. The molecular formula is C15H15ClNO4S-. The number of halogens is 1. The highest BCUT2D eigenvalue weighted by atomic mass is 35.5. The summed E-state index contributed by atoms with van der Waals surface area (Å²) in [5, 5.41) is 0.311. The molecular weight excluding hydrogens is 326 g/mol. The van der Waals surface area contributed by atoms with Gasteiger partial charge in [-0.3, -0.25) is 0 Å². The Kier molecular flexibility index (Phi) is 4.83. The van der Waals surface area contributed by atoms with Gasteiger partial charge in [0.05, 0.1) is 24.1 Å². The van der Waals surface area contributed by atoms with Crippen LogP contribution in [0.4, 0.5) is 5.69 Å². The second-order valence-electron chi connectivity index (χ2n) is 4.54. The van der Waals surface area contributed by atoms with E-state index in [1.807, 2.05) is 6.92 Å². The molecule has 5 nitrogen and oxygen atoms in total. The third kappa shape index (κ3) is 3.45. The normalized spacial score (nSPS) is 11.1. The molecule has 0 bridgehead atoms. The van der Waals surface area contributed by atoms with Crippen molar-refractivity contribution in [1.82, 2.24) is 0 Å². The van der Waals surface area contributed by atoms with E-state index in [-0.39, 0.29) is 16.3 Å². The zero-order valence-corrected chi connectivity index (χ0v) is 13.9. The van der Waals surface area contributed by atoms with Crippen LogP contribution in [0.1, 0.15) is 5.56 Å². The summed E-state index contributed by atoms with van der Waals surface area (Å²) in [4.78, 5) is 0.106. The van der Waals surface area contributed by atoms with E-state index in [0.717, 1.165) is 5.56 Å². The van der Waals surface area contributed by atoms with E-state index >= 15 is 0 Å². The Bertz CT molecular complexity index is 773. The van der Waals surface area contributed by atoms with Gasteiger partial charge in [0.1, 0.15) is 21.5 Å². The van der Waals surface area contributed by atoms with Gasteiger partial charge in [-0.2, -0.15) is 0 Å². The van der Waals surface area contributed by atoms with Gasteiger partial charge in [0.15, 0.2) is 0 Å². The fourth-order valence-corrected chi connectivity index (χ4v) is 3.03.